The number of nitrogens with zero attached hydrogens (tertiary/aromatic N) is 2. The minimum absolute atomic E-state index is 0.0155. The van der Waals surface area contributed by atoms with Gasteiger partial charge in [0.05, 0.1) is 5.57 Å². The van der Waals surface area contributed by atoms with E-state index in [1.54, 1.807) is 6.08 Å². The number of rotatable bonds is 2. The summed E-state index contributed by atoms with van der Waals surface area (Å²) in [5.41, 5.74) is 8.17. The smallest absolute Gasteiger partial charge is 0.255 e. The Bertz CT molecular complexity index is 688. The van der Waals surface area contributed by atoms with Crippen LogP contribution >= 0.6 is 23.8 Å². The van der Waals surface area contributed by atoms with Crippen molar-refractivity contribution in [3.8, 4) is 0 Å². The van der Waals surface area contributed by atoms with E-state index in [4.69, 9.17) is 29.6 Å². The lowest BCUT2D eigenvalue weighted by Crippen LogP contribution is -2.49. The second-order valence-corrected chi connectivity index (χ2v) is 6.57. The molecule has 0 spiro atoms. The normalized spacial score (nSPS) is 18.6. The van der Waals surface area contributed by atoms with Crippen LogP contribution in [-0.2, 0) is 4.79 Å². The molecule has 1 amide bonds. The second-order valence-electron chi connectivity index (χ2n) is 5.65. The summed E-state index contributed by atoms with van der Waals surface area (Å²) in [6, 6.07) is 7.81. The molecule has 0 saturated carbocycles. The number of benzene rings is 1. The number of piperazine rings is 1. The number of thiocarbonyl (C=S) groups is 1. The highest BCUT2D eigenvalue weighted by Gasteiger charge is 2.26. The fourth-order valence-electron chi connectivity index (χ4n) is 2.78. The highest BCUT2D eigenvalue weighted by molar-refractivity contribution is 7.81. The summed E-state index contributed by atoms with van der Waals surface area (Å²) in [6.45, 7) is 2.92. The highest BCUT2D eigenvalue weighted by Crippen LogP contribution is 2.22. The fourth-order valence-corrected chi connectivity index (χ4v) is 3.20. The molecule has 23 heavy (non-hydrogen) atoms. The first-order valence-electron chi connectivity index (χ1n) is 7.55. The van der Waals surface area contributed by atoms with Crippen LogP contribution in [0.4, 0.5) is 11.4 Å². The Morgan fingerprint density at radius 1 is 1.13 bits per heavy atom. The van der Waals surface area contributed by atoms with Gasteiger partial charge < -0.3 is 15.5 Å². The van der Waals surface area contributed by atoms with E-state index < -0.39 is 0 Å². The lowest BCUT2D eigenvalue weighted by molar-refractivity contribution is -0.126. The first-order chi connectivity index (χ1) is 11.0. The summed E-state index contributed by atoms with van der Waals surface area (Å²) in [4.78, 5) is 17.4. The van der Waals surface area contributed by atoms with Crippen LogP contribution < -0.4 is 10.6 Å². The molecule has 0 atom stereocenters. The molecular formula is C17H18ClN3OS. The van der Waals surface area contributed by atoms with E-state index in [2.05, 4.69) is 4.90 Å². The molecule has 6 heteroatoms. The van der Waals surface area contributed by atoms with Crippen molar-refractivity contribution in [3.05, 3.63) is 47.0 Å². The first kappa shape index (κ1) is 16.0. The van der Waals surface area contributed by atoms with Crippen molar-refractivity contribution in [3.63, 3.8) is 0 Å². The predicted molar refractivity (Wildman–Crippen MR) is 98.9 cm³/mol. The molecule has 4 nitrogen and oxygen atoms in total. The molecule has 1 aliphatic carbocycles. The van der Waals surface area contributed by atoms with Gasteiger partial charge in [0.1, 0.15) is 0 Å². The van der Waals surface area contributed by atoms with Crippen molar-refractivity contribution in [1.82, 2.24) is 4.90 Å². The van der Waals surface area contributed by atoms with Crippen LogP contribution in [0.15, 0.2) is 47.0 Å². The van der Waals surface area contributed by atoms with Gasteiger partial charge in [-0.2, -0.15) is 0 Å². The maximum atomic E-state index is 12.6. The SMILES string of the molecule is Nc1ccc(N2CCN(C(=O)C3=CC(Cl)=CCC3=S)CC2)cc1. The minimum Gasteiger partial charge on any atom is -0.399 e. The van der Waals surface area contributed by atoms with Gasteiger partial charge in [-0.05, 0) is 30.3 Å². The Labute approximate surface area is 146 Å². The molecule has 0 unspecified atom stereocenters. The van der Waals surface area contributed by atoms with Crippen LogP contribution in [0, 0.1) is 0 Å². The third-order valence-corrected chi connectivity index (χ3v) is 4.77. The van der Waals surface area contributed by atoms with E-state index in [0.29, 0.717) is 35.0 Å². The van der Waals surface area contributed by atoms with Crippen molar-refractivity contribution in [1.29, 1.82) is 0 Å². The highest BCUT2D eigenvalue weighted by atomic mass is 35.5. The predicted octanol–water partition coefficient (Wildman–Crippen LogP) is 2.74. The summed E-state index contributed by atoms with van der Waals surface area (Å²) in [5.74, 6) is -0.0155. The molecule has 1 heterocycles. The number of anilines is 2. The monoisotopic (exact) mass is 347 g/mol. The third kappa shape index (κ3) is 3.57. The number of nitrogen functional groups attached to an aromatic ring is 1. The number of carbonyl (C=O) groups excluding carboxylic acids is 1. The van der Waals surface area contributed by atoms with Crippen LogP contribution in [-0.4, -0.2) is 41.9 Å². The number of allylic oxidation sites excluding steroid dienone is 3. The van der Waals surface area contributed by atoms with Gasteiger partial charge in [-0.1, -0.05) is 29.9 Å². The van der Waals surface area contributed by atoms with Crippen LogP contribution in [0.3, 0.4) is 0 Å². The molecule has 2 N–H and O–H groups in total. The number of hydrogen-bond donors (Lipinski definition) is 1. The topological polar surface area (TPSA) is 49.6 Å². The van der Waals surface area contributed by atoms with E-state index in [9.17, 15) is 4.79 Å². The molecule has 1 saturated heterocycles. The molecule has 0 radical (unpaired) electrons. The second kappa shape index (κ2) is 6.72. The van der Waals surface area contributed by atoms with Gasteiger partial charge in [0, 0.05) is 53.9 Å². The number of amides is 1. The fraction of sp³-hybridized carbons (Fsp3) is 0.294. The van der Waals surface area contributed by atoms with Gasteiger partial charge in [-0.15, -0.1) is 0 Å². The Morgan fingerprint density at radius 2 is 1.78 bits per heavy atom. The molecule has 0 aromatic heterocycles. The molecule has 1 fully saturated rings. The maximum Gasteiger partial charge on any atom is 0.255 e. The van der Waals surface area contributed by atoms with Crippen molar-refractivity contribution in [2.24, 2.45) is 0 Å². The van der Waals surface area contributed by atoms with E-state index >= 15 is 0 Å². The summed E-state index contributed by atoms with van der Waals surface area (Å²) in [5, 5.41) is 0.586. The summed E-state index contributed by atoms with van der Waals surface area (Å²) in [7, 11) is 0. The molecule has 2 aliphatic rings. The van der Waals surface area contributed by atoms with Gasteiger partial charge in [-0.25, -0.2) is 0 Å². The summed E-state index contributed by atoms with van der Waals surface area (Å²) >= 11 is 11.3. The molecule has 1 aromatic carbocycles. The van der Waals surface area contributed by atoms with E-state index in [-0.39, 0.29) is 5.91 Å². The van der Waals surface area contributed by atoms with Crippen LogP contribution in [0.1, 0.15) is 6.42 Å². The number of halogens is 1. The largest absolute Gasteiger partial charge is 0.399 e. The Morgan fingerprint density at radius 3 is 2.43 bits per heavy atom. The lowest BCUT2D eigenvalue weighted by atomic mass is 10.0. The van der Waals surface area contributed by atoms with Crippen molar-refractivity contribution >= 4 is 46.0 Å². The van der Waals surface area contributed by atoms with Gasteiger partial charge in [0.2, 0.25) is 0 Å². The first-order valence-corrected chi connectivity index (χ1v) is 8.33. The standard InChI is InChI=1S/C17H18ClN3OS/c18-12-1-6-16(23)15(11-12)17(22)21-9-7-20(8-10-21)14-4-2-13(19)3-5-14/h1-5,11H,6-10,19H2. The van der Waals surface area contributed by atoms with Crippen molar-refractivity contribution < 1.29 is 4.79 Å². The Balaban J connectivity index is 1.65. The molecule has 1 aromatic rings. The Kier molecular flexibility index (Phi) is 4.68. The minimum atomic E-state index is -0.0155. The molecule has 1 aliphatic heterocycles. The van der Waals surface area contributed by atoms with Gasteiger partial charge in [0.25, 0.3) is 5.91 Å². The van der Waals surface area contributed by atoms with E-state index in [1.165, 1.54) is 0 Å². The maximum absolute atomic E-state index is 12.6. The third-order valence-electron chi connectivity index (χ3n) is 4.12. The molecular weight excluding hydrogens is 330 g/mol. The lowest BCUT2D eigenvalue weighted by Gasteiger charge is -2.36. The average Bonchev–Trinajstić information content (AvgIpc) is 2.57. The van der Waals surface area contributed by atoms with Gasteiger partial charge in [-0.3, -0.25) is 4.79 Å². The number of nitrogens with two attached hydrogens (primary N) is 1. The number of carbonyl (C=O) groups is 1. The van der Waals surface area contributed by atoms with Crippen molar-refractivity contribution in [2.75, 3.05) is 36.8 Å². The van der Waals surface area contributed by atoms with Crippen LogP contribution in [0.5, 0.6) is 0 Å². The zero-order valence-corrected chi connectivity index (χ0v) is 14.2. The van der Waals surface area contributed by atoms with Gasteiger partial charge >= 0.3 is 0 Å². The average molecular weight is 348 g/mol. The number of hydrogen-bond acceptors (Lipinski definition) is 4. The van der Waals surface area contributed by atoms with Crippen molar-refractivity contribution in [2.45, 2.75) is 6.42 Å². The Hall–Kier alpha value is -1.85. The zero-order valence-electron chi connectivity index (χ0n) is 12.7. The molecule has 0 bridgehead atoms. The van der Waals surface area contributed by atoms with E-state index in [0.717, 1.165) is 24.5 Å². The molecule has 3 rings (SSSR count). The quantitative estimate of drug-likeness (QED) is 0.660. The zero-order chi connectivity index (χ0) is 16.4. The van der Waals surface area contributed by atoms with Crippen LogP contribution in [0.2, 0.25) is 0 Å². The summed E-state index contributed by atoms with van der Waals surface area (Å²) in [6.07, 6.45) is 4.08. The van der Waals surface area contributed by atoms with E-state index in [1.807, 2.05) is 35.2 Å². The summed E-state index contributed by atoms with van der Waals surface area (Å²) < 4.78 is 0. The van der Waals surface area contributed by atoms with Gasteiger partial charge in [0.15, 0.2) is 0 Å². The van der Waals surface area contributed by atoms with Crippen LogP contribution in [0.25, 0.3) is 0 Å². The molecule has 120 valence electrons.